The van der Waals surface area contributed by atoms with E-state index in [1.807, 2.05) is 24.3 Å². The molecule has 0 spiro atoms. The van der Waals surface area contributed by atoms with Crippen molar-refractivity contribution in [1.29, 1.82) is 0 Å². The van der Waals surface area contributed by atoms with Gasteiger partial charge in [-0.3, -0.25) is 4.79 Å². The third-order valence-electron chi connectivity index (χ3n) is 3.68. The van der Waals surface area contributed by atoms with Crippen LogP contribution in [0.3, 0.4) is 0 Å². The number of halogens is 2. The first-order chi connectivity index (χ1) is 12.5. The highest BCUT2D eigenvalue weighted by atomic mass is 35.5. The molecule has 0 fully saturated rings. The molecule has 0 radical (unpaired) electrons. The summed E-state index contributed by atoms with van der Waals surface area (Å²) in [6.45, 7) is 2.10. The summed E-state index contributed by atoms with van der Waals surface area (Å²) in [5.41, 5.74) is 2.86. The number of carbonyl (C=O) groups excluding carboxylic acids is 1. The Morgan fingerprint density at radius 2 is 1.73 bits per heavy atom. The lowest BCUT2D eigenvalue weighted by atomic mass is 10.1. The zero-order valence-corrected chi connectivity index (χ0v) is 15.5. The number of aromatic nitrogens is 2. The molecule has 26 heavy (non-hydrogen) atoms. The molecule has 3 rings (SSSR count). The number of nitrogens with zero attached hydrogens (tertiary/aromatic N) is 2. The fourth-order valence-electron chi connectivity index (χ4n) is 2.27. The maximum absolute atomic E-state index is 12.4. The van der Waals surface area contributed by atoms with Gasteiger partial charge < -0.3 is 10.6 Å². The van der Waals surface area contributed by atoms with Gasteiger partial charge in [-0.25, -0.2) is 9.97 Å². The van der Waals surface area contributed by atoms with E-state index in [2.05, 4.69) is 27.5 Å². The van der Waals surface area contributed by atoms with Gasteiger partial charge in [-0.15, -0.1) is 0 Å². The van der Waals surface area contributed by atoms with Gasteiger partial charge in [0.25, 0.3) is 5.91 Å². The van der Waals surface area contributed by atoms with Gasteiger partial charge in [0.1, 0.15) is 5.69 Å². The van der Waals surface area contributed by atoms with Crippen LogP contribution in [0.2, 0.25) is 10.0 Å². The minimum absolute atomic E-state index is 0.235. The lowest BCUT2D eigenvalue weighted by Gasteiger charge is -2.08. The summed E-state index contributed by atoms with van der Waals surface area (Å²) < 4.78 is 0. The Morgan fingerprint density at radius 1 is 1.00 bits per heavy atom. The number of rotatable bonds is 5. The van der Waals surface area contributed by atoms with Crippen molar-refractivity contribution < 1.29 is 4.79 Å². The SMILES string of the molecule is CCc1ccc(Nc2nccc(C(=O)Nc3ccc(Cl)c(Cl)c3)n2)cc1. The Labute approximate surface area is 161 Å². The van der Waals surface area contributed by atoms with E-state index in [1.54, 1.807) is 18.2 Å². The van der Waals surface area contributed by atoms with Gasteiger partial charge in [0.05, 0.1) is 10.0 Å². The predicted molar refractivity (Wildman–Crippen MR) is 106 cm³/mol. The quantitative estimate of drug-likeness (QED) is 0.620. The van der Waals surface area contributed by atoms with Crippen LogP contribution in [0.25, 0.3) is 0 Å². The van der Waals surface area contributed by atoms with E-state index >= 15 is 0 Å². The van der Waals surface area contributed by atoms with Gasteiger partial charge >= 0.3 is 0 Å². The van der Waals surface area contributed by atoms with E-state index < -0.39 is 0 Å². The second-order valence-electron chi connectivity index (χ2n) is 5.52. The standard InChI is InChI=1S/C19H16Cl2N4O/c1-2-12-3-5-13(6-4-12)24-19-22-10-9-17(25-19)18(26)23-14-7-8-15(20)16(21)11-14/h3-11H,2H2,1H3,(H,23,26)(H,22,24,25). The normalized spacial score (nSPS) is 10.4. The van der Waals surface area contributed by atoms with Crippen molar-refractivity contribution in [3.8, 4) is 0 Å². The number of amides is 1. The summed E-state index contributed by atoms with van der Waals surface area (Å²) in [6, 6.07) is 14.4. The zero-order valence-electron chi connectivity index (χ0n) is 14.0. The number of hydrogen-bond donors (Lipinski definition) is 2. The van der Waals surface area contributed by atoms with E-state index in [9.17, 15) is 4.79 Å². The predicted octanol–water partition coefficient (Wildman–Crippen LogP) is 5.34. The smallest absolute Gasteiger partial charge is 0.274 e. The Morgan fingerprint density at radius 3 is 2.42 bits per heavy atom. The van der Waals surface area contributed by atoms with Crippen molar-refractivity contribution in [2.24, 2.45) is 0 Å². The molecule has 0 aliphatic heterocycles. The van der Waals surface area contributed by atoms with Crippen molar-refractivity contribution >= 4 is 46.4 Å². The van der Waals surface area contributed by atoms with Crippen LogP contribution < -0.4 is 10.6 Å². The molecular formula is C19H16Cl2N4O. The molecule has 3 aromatic rings. The lowest BCUT2D eigenvalue weighted by molar-refractivity contribution is 0.102. The summed E-state index contributed by atoms with van der Waals surface area (Å²) in [4.78, 5) is 20.8. The van der Waals surface area contributed by atoms with Crippen LogP contribution in [0.15, 0.2) is 54.7 Å². The Kier molecular flexibility index (Phi) is 5.71. The largest absolute Gasteiger partial charge is 0.324 e. The van der Waals surface area contributed by atoms with Crippen LogP contribution in [0.1, 0.15) is 23.0 Å². The molecule has 1 aromatic heterocycles. The third kappa shape index (κ3) is 4.50. The van der Waals surface area contributed by atoms with Gasteiger partial charge in [0.2, 0.25) is 5.95 Å². The number of benzene rings is 2. The molecule has 2 N–H and O–H groups in total. The Hall–Kier alpha value is -2.63. The molecule has 2 aromatic carbocycles. The fraction of sp³-hybridized carbons (Fsp3) is 0.105. The van der Waals surface area contributed by atoms with Crippen molar-refractivity contribution in [3.05, 3.63) is 76.0 Å². The van der Waals surface area contributed by atoms with Crippen molar-refractivity contribution in [3.63, 3.8) is 0 Å². The maximum atomic E-state index is 12.4. The summed E-state index contributed by atoms with van der Waals surface area (Å²) in [6.07, 6.45) is 2.50. The first-order valence-corrected chi connectivity index (χ1v) is 8.76. The van der Waals surface area contributed by atoms with E-state index in [0.717, 1.165) is 12.1 Å². The van der Waals surface area contributed by atoms with Crippen LogP contribution in [0.5, 0.6) is 0 Å². The molecule has 0 atom stereocenters. The highest BCUT2D eigenvalue weighted by Gasteiger charge is 2.10. The minimum Gasteiger partial charge on any atom is -0.324 e. The number of aryl methyl sites for hydroxylation is 1. The monoisotopic (exact) mass is 386 g/mol. The number of nitrogens with one attached hydrogen (secondary N) is 2. The molecule has 1 amide bonds. The summed E-state index contributed by atoms with van der Waals surface area (Å²) in [7, 11) is 0. The summed E-state index contributed by atoms with van der Waals surface area (Å²) in [5.74, 6) is -0.0220. The van der Waals surface area contributed by atoms with E-state index in [1.165, 1.54) is 17.8 Å². The van der Waals surface area contributed by atoms with Crippen molar-refractivity contribution in [1.82, 2.24) is 9.97 Å². The molecular weight excluding hydrogens is 371 g/mol. The molecule has 7 heteroatoms. The average molecular weight is 387 g/mol. The fourth-order valence-corrected chi connectivity index (χ4v) is 2.57. The molecule has 5 nitrogen and oxygen atoms in total. The van der Waals surface area contributed by atoms with Crippen molar-refractivity contribution in [2.75, 3.05) is 10.6 Å². The molecule has 0 unspecified atom stereocenters. The first kappa shape index (κ1) is 18.2. The maximum Gasteiger partial charge on any atom is 0.274 e. The second-order valence-corrected chi connectivity index (χ2v) is 6.34. The second kappa shape index (κ2) is 8.17. The van der Waals surface area contributed by atoms with E-state index in [-0.39, 0.29) is 11.6 Å². The van der Waals surface area contributed by atoms with Gasteiger partial charge in [-0.2, -0.15) is 0 Å². The average Bonchev–Trinajstić information content (AvgIpc) is 2.65. The van der Waals surface area contributed by atoms with E-state index in [0.29, 0.717) is 21.7 Å². The van der Waals surface area contributed by atoms with Crippen LogP contribution in [-0.2, 0) is 6.42 Å². The molecule has 0 saturated carbocycles. The highest BCUT2D eigenvalue weighted by molar-refractivity contribution is 6.42. The zero-order chi connectivity index (χ0) is 18.5. The molecule has 132 valence electrons. The van der Waals surface area contributed by atoms with Gasteiger partial charge in [0.15, 0.2) is 0 Å². The van der Waals surface area contributed by atoms with Gasteiger partial charge in [0, 0.05) is 17.6 Å². The number of hydrogen-bond acceptors (Lipinski definition) is 4. The van der Waals surface area contributed by atoms with Crippen LogP contribution >= 0.6 is 23.2 Å². The van der Waals surface area contributed by atoms with Crippen LogP contribution in [-0.4, -0.2) is 15.9 Å². The Bertz CT molecular complexity index is 929. The summed E-state index contributed by atoms with van der Waals surface area (Å²) in [5, 5.41) is 6.61. The van der Waals surface area contributed by atoms with Gasteiger partial charge in [-0.1, -0.05) is 42.3 Å². The van der Waals surface area contributed by atoms with Crippen LogP contribution in [0.4, 0.5) is 17.3 Å². The molecule has 0 aliphatic rings. The Balaban J connectivity index is 1.73. The molecule has 0 bridgehead atoms. The van der Waals surface area contributed by atoms with Crippen LogP contribution in [0, 0.1) is 0 Å². The summed E-state index contributed by atoms with van der Waals surface area (Å²) >= 11 is 11.8. The first-order valence-electron chi connectivity index (χ1n) is 8.00. The van der Waals surface area contributed by atoms with Crippen molar-refractivity contribution in [2.45, 2.75) is 13.3 Å². The molecule has 1 heterocycles. The lowest BCUT2D eigenvalue weighted by Crippen LogP contribution is -2.14. The van der Waals surface area contributed by atoms with Gasteiger partial charge in [-0.05, 0) is 48.4 Å². The highest BCUT2D eigenvalue weighted by Crippen LogP contribution is 2.25. The number of carbonyl (C=O) groups is 1. The number of anilines is 3. The minimum atomic E-state index is -0.366. The topological polar surface area (TPSA) is 66.9 Å². The van der Waals surface area contributed by atoms with E-state index in [4.69, 9.17) is 23.2 Å². The molecule has 0 aliphatic carbocycles. The third-order valence-corrected chi connectivity index (χ3v) is 4.42. The molecule has 0 saturated heterocycles.